The Bertz CT molecular complexity index is 1060. The molecular weight excluding hydrogens is 436 g/mol. The predicted molar refractivity (Wildman–Crippen MR) is 128 cm³/mol. The summed E-state index contributed by atoms with van der Waals surface area (Å²) in [6, 6.07) is 9.78. The molecule has 0 aliphatic carbocycles. The number of aryl methyl sites for hydroxylation is 3. The van der Waals surface area contributed by atoms with Crippen molar-refractivity contribution < 1.29 is 13.2 Å². The number of benzene rings is 1. The van der Waals surface area contributed by atoms with Crippen molar-refractivity contribution in [3.05, 3.63) is 58.9 Å². The van der Waals surface area contributed by atoms with Crippen molar-refractivity contribution in [2.75, 3.05) is 39.3 Å². The highest BCUT2D eigenvalue weighted by Crippen LogP contribution is 2.29. The Labute approximate surface area is 197 Å². The highest BCUT2D eigenvalue weighted by atomic mass is 32.2. The van der Waals surface area contributed by atoms with Crippen LogP contribution in [0.2, 0.25) is 0 Å². The van der Waals surface area contributed by atoms with Crippen LogP contribution in [0.1, 0.15) is 35.2 Å². The van der Waals surface area contributed by atoms with Crippen LogP contribution in [-0.2, 0) is 21.4 Å². The van der Waals surface area contributed by atoms with Crippen LogP contribution in [0.3, 0.4) is 0 Å². The van der Waals surface area contributed by atoms with Crippen molar-refractivity contribution in [1.82, 2.24) is 19.1 Å². The van der Waals surface area contributed by atoms with Gasteiger partial charge in [-0.1, -0.05) is 23.8 Å². The van der Waals surface area contributed by atoms with Crippen LogP contribution in [0.5, 0.6) is 0 Å². The van der Waals surface area contributed by atoms with Gasteiger partial charge in [0.25, 0.3) is 0 Å². The maximum atomic E-state index is 13.3. The standard InChI is InChI=1S/C25H34N4O3S/c1-19-16-20(2)24(21(3)17-19)33(31,32)29-10-7-22(8-11-29)25(30)28-14-12-27(13-15-28)18-23-6-4-5-9-26-23/h4-6,9,16-17,22H,7-8,10-15,18H2,1-3H3. The number of rotatable bonds is 5. The smallest absolute Gasteiger partial charge is 0.243 e. The van der Waals surface area contributed by atoms with Crippen molar-refractivity contribution in [3.63, 3.8) is 0 Å². The highest BCUT2D eigenvalue weighted by Gasteiger charge is 2.35. The van der Waals surface area contributed by atoms with E-state index in [1.54, 1.807) is 4.31 Å². The molecule has 2 fully saturated rings. The van der Waals surface area contributed by atoms with Crippen molar-refractivity contribution >= 4 is 15.9 Å². The van der Waals surface area contributed by atoms with Crippen LogP contribution in [0.4, 0.5) is 0 Å². The molecule has 2 aliphatic heterocycles. The number of hydrogen-bond acceptors (Lipinski definition) is 5. The van der Waals surface area contributed by atoms with Gasteiger partial charge in [0, 0.05) is 57.9 Å². The van der Waals surface area contributed by atoms with Gasteiger partial charge >= 0.3 is 0 Å². The summed E-state index contributed by atoms with van der Waals surface area (Å²) in [7, 11) is -3.56. The first kappa shape index (κ1) is 23.9. The molecule has 1 aromatic heterocycles. The van der Waals surface area contributed by atoms with Gasteiger partial charge in [0.15, 0.2) is 0 Å². The zero-order valence-electron chi connectivity index (χ0n) is 19.8. The topological polar surface area (TPSA) is 73.8 Å². The summed E-state index contributed by atoms with van der Waals surface area (Å²) >= 11 is 0. The van der Waals surface area contributed by atoms with Crippen LogP contribution in [0, 0.1) is 26.7 Å². The zero-order chi connectivity index (χ0) is 23.6. The summed E-state index contributed by atoms with van der Waals surface area (Å²) in [6.07, 6.45) is 2.97. The van der Waals surface area contributed by atoms with E-state index in [0.717, 1.165) is 42.0 Å². The van der Waals surface area contributed by atoms with Gasteiger partial charge < -0.3 is 4.90 Å². The second kappa shape index (κ2) is 9.91. The normalized spacial score (nSPS) is 19.1. The van der Waals surface area contributed by atoms with Crippen LogP contribution < -0.4 is 0 Å². The molecule has 0 unspecified atom stereocenters. The second-order valence-corrected chi connectivity index (χ2v) is 11.2. The van der Waals surface area contributed by atoms with Crippen LogP contribution >= 0.6 is 0 Å². The van der Waals surface area contributed by atoms with Crippen LogP contribution in [0.25, 0.3) is 0 Å². The molecule has 1 amide bonds. The maximum absolute atomic E-state index is 13.3. The molecule has 0 radical (unpaired) electrons. The van der Waals surface area contributed by atoms with Crippen molar-refractivity contribution in [1.29, 1.82) is 0 Å². The van der Waals surface area contributed by atoms with Gasteiger partial charge in [-0.15, -0.1) is 0 Å². The van der Waals surface area contributed by atoms with Crippen molar-refractivity contribution in [2.24, 2.45) is 5.92 Å². The number of piperazine rings is 1. The molecule has 1 aromatic carbocycles. The van der Waals surface area contributed by atoms with Crippen LogP contribution in [-0.4, -0.2) is 72.7 Å². The summed E-state index contributed by atoms with van der Waals surface area (Å²) in [5.74, 6) is 0.0752. The lowest BCUT2D eigenvalue weighted by molar-refractivity contribution is -0.138. The highest BCUT2D eigenvalue weighted by molar-refractivity contribution is 7.89. The molecular formula is C25H34N4O3S. The average molecular weight is 471 g/mol. The second-order valence-electron chi connectivity index (χ2n) is 9.33. The maximum Gasteiger partial charge on any atom is 0.243 e. The molecule has 2 saturated heterocycles. The third-order valence-electron chi connectivity index (χ3n) is 6.80. The molecule has 2 aliphatic rings. The minimum atomic E-state index is -3.56. The monoisotopic (exact) mass is 470 g/mol. The first-order chi connectivity index (χ1) is 15.8. The van der Waals surface area contributed by atoms with Crippen molar-refractivity contribution in [2.45, 2.75) is 45.1 Å². The molecule has 8 heteroatoms. The number of sulfonamides is 1. The third kappa shape index (κ3) is 5.28. The molecule has 0 N–H and O–H groups in total. The average Bonchev–Trinajstić information content (AvgIpc) is 2.79. The van der Waals surface area contributed by atoms with E-state index in [1.165, 1.54) is 0 Å². The third-order valence-corrected chi connectivity index (χ3v) is 9.01. The van der Waals surface area contributed by atoms with Crippen LogP contribution in [0.15, 0.2) is 41.4 Å². The van der Waals surface area contributed by atoms with E-state index in [4.69, 9.17) is 0 Å². The fourth-order valence-electron chi connectivity index (χ4n) is 5.15. The van der Waals surface area contributed by atoms with Gasteiger partial charge in [-0.05, 0) is 56.9 Å². The van der Waals surface area contributed by atoms with E-state index in [-0.39, 0.29) is 11.8 Å². The number of pyridine rings is 1. The summed E-state index contributed by atoms with van der Waals surface area (Å²) in [5, 5.41) is 0. The van der Waals surface area contributed by atoms with E-state index in [1.807, 2.05) is 62.2 Å². The first-order valence-electron chi connectivity index (χ1n) is 11.7. The van der Waals surface area contributed by atoms with Crippen molar-refractivity contribution in [3.8, 4) is 0 Å². The Morgan fingerprint density at radius 2 is 1.61 bits per heavy atom. The van der Waals surface area contributed by atoms with E-state index in [9.17, 15) is 13.2 Å². The fraction of sp³-hybridized carbons (Fsp3) is 0.520. The zero-order valence-corrected chi connectivity index (χ0v) is 20.6. The number of piperidine rings is 1. The first-order valence-corrected chi connectivity index (χ1v) is 13.2. The largest absolute Gasteiger partial charge is 0.340 e. The lowest BCUT2D eigenvalue weighted by atomic mass is 9.96. The number of hydrogen-bond donors (Lipinski definition) is 0. The number of aromatic nitrogens is 1. The Hall–Kier alpha value is -2.29. The lowest BCUT2D eigenvalue weighted by Crippen LogP contribution is -2.51. The predicted octanol–water partition coefficient (Wildman–Crippen LogP) is 2.75. The molecule has 3 heterocycles. The van der Waals surface area contributed by atoms with Gasteiger partial charge in [0.2, 0.25) is 15.9 Å². The fourth-order valence-corrected chi connectivity index (χ4v) is 7.03. The van der Waals surface area contributed by atoms with Gasteiger partial charge in [-0.25, -0.2) is 8.42 Å². The molecule has 0 bridgehead atoms. The number of amides is 1. The van der Waals surface area contributed by atoms with E-state index >= 15 is 0 Å². The molecule has 178 valence electrons. The summed E-state index contributed by atoms with van der Waals surface area (Å²) in [5.41, 5.74) is 3.68. The Morgan fingerprint density at radius 1 is 0.970 bits per heavy atom. The molecule has 33 heavy (non-hydrogen) atoms. The van der Waals surface area contributed by atoms with Gasteiger partial charge in [0.05, 0.1) is 10.6 Å². The molecule has 0 atom stereocenters. The minimum absolute atomic E-state index is 0.0981. The quantitative estimate of drug-likeness (QED) is 0.672. The van der Waals surface area contributed by atoms with Gasteiger partial charge in [0.1, 0.15) is 0 Å². The number of carbonyl (C=O) groups is 1. The SMILES string of the molecule is Cc1cc(C)c(S(=O)(=O)N2CCC(C(=O)N3CCN(Cc4ccccn4)CC3)CC2)c(C)c1. The molecule has 7 nitrogen and oxygen atoms in total. The summed E-state index contributed by atoms with van der Waals surface area (Å²) in [6.45, 7) is 10.4. The Balaban J connectivity index is 1.31. The molecule has 0 saturated carbocycles. The number of carbonyl (C=O) groups excluding carboxylic acids is 1. The molecule has 2 aromatic rings. The summed E-state index contributed by atoms with van der Waals surface area (Å²) in [4.78, 5) is 22.2. The number of nitrogens with zero attached hydrogens (tertiary/aromatic N) is 4. The Morgan fingerprint density at radius 3 is 2.18 bits per heavy atom. The Kier molecular flexibility index (Phi) is 7.16. The molecule has 4 rings (SSSR count). The summed E-state index contributed by atoms with van der Waals surface area (Å²) < 4.78 is 28.2. The van der Waals surface area contributed by atoms with E-state index < -0.39 is 10.0 Å². The molecule has 0 spiro atoms. The van der Waals surface area contributed by atoms with E-state index in [2.05, 4.69) is 9.88 Å². The lowest BCUT2D eigenvalue weighted by Gasteiger charge is -2.38. The van der Waals surface area contributed by atoms with E-state index in [0.29, 0.717) is 43.9 Å². The van der Waals surface area contributed by atoms with Gasteiger partial charge in [-0.3, -0.25) is 14.7 Å². The minimum Gasteiger partial charge on any atom is -0.340 e. The van der Waals surface area contributed by atoms with Gasteiger partial charge in [-0.2, -0.15) is 4.31 Å².